The van der Waals surface area contributed by atoms with Crippen LogP contribution in [0.25, 0.3) is 10.8 Å². The molecular formula is C26H34F2O. The maximum absolute atomic E-state index is 15.0. The molecule has 158 valence electrons. The van der Waals surface area contributed by atoms with E-state index in [1.54, 1.807) is 6.07 Å². The van der Waals surface area contributed by atoms with Crippen molar-refractivity contribution in [3.05, 3.63) is 41.5 Å². The minimum absolute atomic E-state index is 0.142. The van der Waals surface area contributed by atoms with Crippen LogP contribution in [0.5, 0.6) is 5.75 Å². The van der Waals surface area contributed by atoms with Crippen molar-refractivity contribution in [3.63, 3.8) is 0 Å². The number of rotatable bonds is 5. The molecule has 29 heavy (non-hydrogen) atoms. The molecule has 2 fully saturated rings. The number of fused-ring (bicyclic) bond motifs is 1. The molecule has 2 aliphatic rings. The fourth-order valence-electron chi connectivity index (χ4n) is 5.85. The van der Waals surface area contributed by atoms with Gasteiger partial charge in [0.1, 0.15) is 5.75 Å². The van der Waals surface area contributed by atoms with Crippen molar-refractivity contribution in [2.24, 2.45) is 17.8 Å². The molecule has 0 aromatic heterocycles. The van der Waals surface area contributed by atoms with Gasteiger partial charge in [-0.25, -0.2) is 8.78 Å². The van der Waals surface area contributed by atoms with Gasteiger partial charge in [0.25, 0.3) is 0 Å². The summed E-state index contributed by atoms with van der Waals surface area (Å²) in [6.07, 6.45) is 11.1. The molecule has 1 nitrogen and oxygen atoms in total. The van der Waals surface area contributed by atoms with Crippen LogP contribution in [0.3, 0.4) is 0 Å². The zero-order chi connectivity index (χ0) is 20.4. The first-order valence-corrected chi connectivity index (χ1v) is 11.6. The summed E-state index contributed by atoms with van der Waals surface area (Å²) in [4.78, 5) is 0. The SMILES string of the molecule is CCOc1ccc2cc(C3CCC(C4CCC(CC)CC4)CC3)c(F)c(F)c2c1. The molecule has 0 amide bonds. The summed E-state index contributed by atoms with van der Waals surface area (Å²) in [6.45, 7) is 4.71. The largest absolute Gasteiger partial charge is 0.494 e. The highest BCUT2D eigenvalue weighted by atomic mass is 19.2. The minimum Gasteiger partial charge on any atom is -0.494 e. The molecule has 0 aliphatic heterocycles. The molecule has 2 aromatic carbocycles. The second-order valence-corrected chi connectivity index (χ2v) is 9.21. The highest BCUT2D eigenvalue weighted by Crippen LogP contribution is 2.45. The van der Waals surface area contributed by atoms with Crippen molar-refractivity contribution in [2.75, 3.05) is 6.61 Å². The highest BCUT2D eigenvalue weighted by molar-refractivity contribution is 5.85. The maximum atomic E-state index is 15.0. The molecule has 0 atom stereocenters. The van der Waals surface area contributed by atoms with Crippen molar-refractivity contribution in [2.45, 2.75) is 77.6 Å². The average Bonchev–Trinajstić information content (AvgIpc) is 2.77. The Hall–Kier alpha value is -1.64. The second-order valence-electron chi connectivity index (χ2n) is 9.21. The van der Waals surface area contributed by atoms with E-state index in [-0.39, 0.29) is 5.92 Å². The lowest BCUT2D eigenvalue weighted by Gasteiger charge is -2.38. The third kappa shape index (κ3) is 4.29. The van der Waals surface area contributed by atoms with Crippen LogP contribution < -0.4 is 4.74 Å². The Bertz CT molecular complexity index is 830. The van der Waals surface area contributed by atoms with Gasteiger partial charge in [-0.05, 0) is 98.3 Å². The molecule has 0 heterocycles. The summed E-state index contributed by atoms with van der Waals surface area (Å²) in [6, 6.07) is 7.19. The summed E-state index contributed by atoms with van der Waals surface area (Å²) in [7, 11) is 0. The molecule has 2 saturated carbocycles. The molecule has 0 bridgehead atoms. The van der Waals surface area contributed by atoms with Gasteiger partial charge in [0.2, 0.25) is 0 Å². The van der Waals surface area contributed by atoms with Gasteiger partial charge in [0, 0.05) is 5.39 Å². The Morgan fingerprint density at radius 1 is 0.828 bits per heavy atom. The molecule has 0 unspecified atom stereocenters. The van der Waals surface area contributed by atoms with E-state index in [4.69, 9.17) is 4.74 Å². The molecule has 0 spiro atoms. The second kappa shape index (κ2) is 9.02. The smallest absolute Gasteiger partial charge is 0.167 e. The monoisotopic (exact) mass is 400 g/mol. The third-order valence-corrected chi connectivity index (χ3v) is 7.68. The molecule has 2 aromatic rings. The van der Waals surface area contributed by atoms with Gasteiger partial charge in [0.15, 0.2) is 11.6 Å². The van der Waals surface area contributed by atoms with Gasteiger partial charge >= 0.3 is 0 Å². The Morgan fingerprint density at radius 3 is 2.10 bits per heavy atom. The van der Waals surface area contributed by atoms with Gasteiger partial charge in [-0.15, -0.1) is 0 Å². The number of hydrogen-bond donors (Lipinski definition) is 0. The summed E-state index contributed by atoms with van der Waals surface area (Å²) >= 11 is 0. The van der Waals surface area contributed by atoms with E-state index in [0.29, 0.717) is 23.3 Å². The van der Waals surface area contributed by atoms with Gasteiger partial charge in [-0.3, -0.25) is 0 Å². The fraction of sp³-hybridized carbons (Fsp3) is 0.615. The van der Waals surface area contributed by atoms with Crippen molar-refractivity contribution >= 4 is 10.8 Å². The quantitative estimate of drug-likeness (QED) is 0.494. The van der Waals surface area contributed by atoms with Crippen molar-refractivity contribution in [1.82, 2.24) is 0 Å². The number of benzene rings is 2. The predicted octanol–water partition coefficient (Wildman–Crippen LogP) is 8.01. The van der Waals surface area contributed by atoms with E-state index in [1.807, 2.05) is 25.1 Å². The standard InChI is InChI=1S/C26H34F2O/c1-3-17-5-7-18(8-6-17)19-9-11-20(12-10-19)23-15-21-13-14-22(29-4-2)16-24(21)26(28)25(23)27/h13-20H,3-12H2,1-2H3. The lowest BCUT2D eigenvalue weighted by Crippen LogP contribution is -2.25. The molecule has 2 aliphatic carbocycles. The Labute approximate surface area is 173 Å². The molecule has 0 radical (unpaired) electrons. The van der Waals surface area contributed by atoms with Crippen LogP contribution in [-0.4, -0.2) is 6.61 Å². The summed E-state index contributed by atoms with van der Waals surface area (Å²) in [5.41, 5.74) is 0.576. The molecule has 3 heteroatoms. The van der Waals surface area contributed by atoms with E-state index in [0.717, 1.165) is 48.8 Å². The summed E-state index contributed by atoms with van der Waals surface area (Å²) in [5.74, 6) is 1.92. The van der Waals surface area contributed by atoms with Crippen molar-refractivity contribution in [1.29, 1.82) is 0 Å². The lowest BCUT2D eigenvalue weighted by atomic mass is 9.68. The Morgan fingerprint density at radius 2 is 1.48 bits per heavy atom. The van der Waals surface area contributed by atoms with Crippen LogP contribution in [0.15, 0.2) is 24.3 Å². The van der Waals surface area contributed by atoms with Crippen LogP contribution in [0.4, 0.5) is 8.78 Å². The van der Waals surface area contributed by atoms with Crippen LogP contribution in [0.2, 0.25) is 0 Å². The lowest BCUT2D eigenvalue weighted by molar-refractivity contribution is 0.158. The number of hydrogen-bond acceptors (Lipinski definition) is 1. The Kier molecular flexibility index (Phi) is 6.41. The average molecular weight is 401 g/mol. The first-order chi connectivity index (χ1) is 14.1. The van der Waals surface area contributed by atoms with Crippen LogP contribution in [-0.2, 0) is 0 Å². The summed E-state index contributed by atoms with van der Waals surface area (Å²) in [5, 5.41) is 1.08. The zero-order valence-corrected chi connectivity index (χ0v) is 17.9. The molecule has 4 rings (SSSR count). The van der Waals surface area contributed by atoms with E-state index in [2.05, 4.69) is 6.92 Å². The summed E-state index contributed by atoms with van der Waals surface area (Å²) < 4.78 is 35.2. The van der Waals surface area contributed by atoms with E-state index < -0.39 is 11.6 Å². The normalized spacial score (nSPS) is 27.9. The van der Waals surface area contributed by atoms with Crippen molar-refractivity contribution < 1.29 is 13.5 Å². The van der Waals surface area contributed by atoms with Crippen LogP contribution >= 0.6 is 0 Å². The maximum Gasteiger partial charge on any atom is 0.167 e. The number of ether oxygens (including phenoxy) is 1. The first-order valence-electron chi connectivity index (χ1n) is 11.6. The van der Waals surface area contributed by atoms with E-state index in [1.165, 1.54) is 32.1 Å². The number of halogens is 2. The van der Waals surface area contributed by atoms with E-state index in [9.17, 15) is 8.78 Å². The predicted molar refractivity (Wildman–Crippen MR) is 115 cm³/mol. The zero-order valence-electron chi connectivity index (χ0n) is 17.9. The molecule has 0 N–H and O–H groups in total. The highest BCUT2D eigenvalue weighted by Gasteiger charge is 2.32. The Balaban J connectivity index is 1.47. The van der Waals surface area contributed by atoms with Gasteiger partial charge in [-0.2, -0.15) is 0 Å². The van der Waals surface area contributed by atoms with Crippen LogP contribution in [0.1, 0.15) is 83.1 Å². The van der Waals surface area contributed by atoms with Crippen LogP contribution in [0, 0.1) is 29.4 Å². The molecule has 0 saturated heterocycles. The third-order valence-electron chi connectivity index (χ3n) is 7.68. The van der Waals surface area contributed by atoms with E-state index >= 15 is 0 Å². The first kappa shape index (κ1) is 20.6. The molecular weight excluding hydrogens is 366 g/mol. The minimum atomic E-state index is -0.723. The van der Waals surface area contributed by atoms with Gasteiger partial charge in [0.05, 0.1) is 6.61 Å². The van der Waals surface area contributed by atoms with Crippen molar-refractivity contribution in [3.8, 4) is 5.75 Å². The van der Waals surface area contributed by atoms with Gasteiger partial charge < -0.3 is 4.74 Å². The fourth-order valence-corrected chi connectivity index (χ4v) is 5.85. The topological polar surface area (TPSA) is 9.23 Å². The van der Waals surface area contributed by atoms with Gasteiger partial charge in [-0.1, -0.05) is 32.3 Å².